The number of carbonyl (C=O) groups excluding carboxylic acids is 1. The van der Waals surface area contributed by atoms with E-state index in [0.29, 0.717) is 18.0 Å². The van der Waals surface area contributed by atoms with Crippen LogP contribution in [0.25, 0.3) is 0 Å². The third-order valence-corrected chi connectivity index (χ3v) is 4.29. The van der Waals surface area contributed by atoms with Crippen LogP contribution in [0.15, 0.2) is 29.2 Å². The first-order valence-corrected chi connectivity index (χ1v) is 8.37. The van der Waals surface area contributed by atoms with Crippen molar-refractivity contribution in [3.05, 3.63) is 29.8 Å². The molecule has 1 aromatic carbocycles. The van der Waals surface area contributed by atoms with Gasteiger partial charge in [0.05, 0.1) is 12.0 Å². The predicted molar refractivity (Wildman–Crippen MR) is 76.0 cm³/mol. The highest BCUT2D eigenvalue weighted by atomic mass is 79.9. The second kappa shape index (κ2) is 7.02. The van der Waals surface area contributed by atoms with Crippen LogP contribution in [-0.2, 0) is 25.9 Å². The van der Waals surface area contributed by atoms with E-state index in [4.69, 9.17) is 0 Å². The van der Waals surface area contributed by atoms with Crippen LogP contribution in [0, 0.1) is 0 Å². The largest absolute Gasteiger partial charge is 0.468 e. The van der Waals surface area contributed by atoms with Crippen LogP contribution in [-0.4, -0.2) is 39.1 Å². The first-order valence-electron chi connectivity index (χ1n) is 5.56. The molecule has 1 atom stereocenters. The summed E-state index contributed by atoms with van der Waals surface area (Å²) >= 11 is 3.20. The smallest absolute Gasteiger partial charge is 0.320 e. The molecule has 0 aromatic heterocycles. The van der Waals surface area contributed by atoms with Gasteiger partial charge in [-0.1, -0.05) is 28.1 Å². The molecule has 1 unspecified atom stereocenters. The zero-order chi connectivity index (χ0) is 14.5. The molecule has 19 heavy (non-hydrogen) atoms. The number of hydrogen-bond acceptors (Lipinski definition) is 5. The van der Waals surface area contributed by atoms with Crippen LogP contribution in [0.3, 0.4) is 0 Å². The topological polar surface area (TPSA) is 72.5 Å². The van der Waals surface area contributed by atoms with Crippen molar-refractivity contribution in [1.82, 2.24) is 5.32 Å². The minimum atomic E-state index is -3.16. The summed E-state index contributed by atoms with van der Waals surface area (Å²) in [6, 6.07) is 6.62. The molecule has 1 rings (SSSR count). The van der Waals surface area contributed by atoms with Gasteiger partial charge in [-0.15, -0.1) is 0 Å². The second-order valence-corrected chi connectivity index (χ2v) is 7.16. The third-order valence-electron chi connectivity index (χ3n) is 2.46. The number of halogens is 1. The Kier molecular flexibility index (Phi) is 5.96. The summed E-state index contributed by atoms with van der Waals surface area (Å²) in [4.78, 5) is 11.0. The Morgan fingerprint density at radius 2 is 1.95 bits per heavy atom. The Morgan fingerprint density at radius 3 is 2.42 bits per heavy atom. The lowest BCUT2D eigenvalue weighted by Crippen LogP contribution is -2.29. The van der Waals surface area contributed by atoms with Gasteiger partial charge in [0.25, 0.3) is 0 Å². The number of nitrogens with one attached hydrogen (secondary N) is 1. The minimum absolute atomic E-state index is 0.296. The summed E-state index contributed by atoms with van der Waals surface area (Å²) in [7, 11) is -1.82. The van der Waals surface area contributed by atoms with Gasteiger partial charge < -0.3 is 10.1 Å². The Balaban J connectivity index is 2.49. The number of sulfone groups is 1. The summed E-state index contributed by atoms with van der Waals surface area (Å²) in [5.41, 5.74) is 0.942. The van der Waals surface area contributed by atoms with Crippen molar-refractivity contribution >= 4 is 31.7 Å². The van der Waals surface area contributed by atoms with E-state index < -0.39 is 14.7 Å². The number of rotatable bonds is 6. The minimum Gasteiger partial charge on any atom is -0.468 e. The molecule has 0 aliphatic heterocycles. The first kappa shape index (κ1) is 16.1. The summed E-state index contributed by atoms with van der Waals surface area (Å²) in [6.07, 6.45) is 1.17. The van der Waals surface area contributed by atoms with Gasteiger partial charge in [-0.05, 0) is 17.7 Å². The fourth-order valence-electron chi connectivity index (χ4n) is 1.41. The van der Waals surface area contributed by atoms with Crippen molar-refractivity contribution < 1.29 is 17.9 Å². The maximum Gasteiger partial charge on any atom is 0.320 e. The normalized spacial score (nSPS) is 13.0. The highest BCUT2D eigenvalue weighted by molar-refractivity contribution is 9.10. The number of esters is 1. The van der Waals surface area contributed by atoms with Crippen molar-refractivity contribution in [1.29, 1.82) is 0 Å². The van der Waals surface area contributed by atoms with Crippen molar-refractivity contribution in [2.24, 2.45) is 0 Å². The molecule has 0 amide bonds. The molecule has 0 heterocycles. The van der Waals surface area contributed by atoms with Crippen molar-refractivity contribution in [3.8, 4) is 0 Å². The number of alkyl halides is 1. The summed E-state index contributed by atoms with van der Waals surface area (Å²) < 4.78 is 27.1. The van der Waals surface area contributed by atoms with E-state index in [1.165, 1.54) is 13.4 Å². The van der Waals surface area contributed by atoms with Crippen molar-refractivity contribution in [2.75, 3.05) is 19.9 Å². The van der Waals surface area contributed by atoms with Gasteiger partial charge in [-0.3, -0.25) is 4.79 Å². The molecule has 106 valence electrons. The number of ether oxygens (including phenoxy) is 1. The fourth-order valence-corrected chi connectivity index (χ4v) is 2.46. The number of benzene rings is 1. The molecule has 1 aromatic rings. The van der Waals surface area contributed by atoms with E-state index >= 15 is 0 Å². The average molecular weight is 350 g/mol. The van der Waals surface area contributed by atoms with Crippen LogP contribution in [0.2, 0.25) is 0 Å². The zero-order valence-electron chi connectivity index (χ0n) is 10.7. The van der Waals surface area contributed by atoms with Gasteiger partial charge in [0.15, 0.2) is 9.84 Å². The molecular formula is C12H16BrNO4S. The molecule has 0 spiro atoms. The Bertz CT molecular complexity index is 527. The molecule has 0 saturated heterocycles. The SMILES string of the molecule is COC(=O)C(Br)CNCc1ccc(S(C)(=O)=O)cc1. The van der Waals surface area contributed by atoms with E-state index in [-0.39, 0.29) is 5.97 Å². The maximum atomic E-state index is 11.3. The molecule has 5 nitrogen and oxygen atoms in total. The van der Waals surface area contributed by atoms with Gasteiger partial charge in [-0.2, -0.15) is 0 Å². The maximum absolute atomic E-state index is 11.3. The lowest BCUT2D eigenvalue weighted by molar-refractivity contribution is -0.139. The lowest BCUT2D eigenvalue weighted by Gasteiger charge is -2.09. The zero-order valence-corrected chi connectivity index (χ0v) is 13.1. The molecule has 1 N–H and O–H groups in total. The van der Waals surface area contributed by atoms with Gasteiger partial charge in [-0.25, -0.2) is 8.42 Å². The van der Waals surface area contributed by atoms with Crippen LogP contribution in [0.5, 0.6) is 0 Å². The first-order chi connectivity index (χ1) is 8.84. The third kappa shape index (κ3) is 5.30. The van der Waals surface area contributed by atoms with Crippen molar-refractivity contribution in [2.45, 2.75) is 16.3 Å². The summed E-state index contributed by atoms with van der Waals surface area (Å²) in [5.74, 6) is -0.333. The predicted octanol–water partition coefficient (Wildman–Crippen LogP) is 1.12. The highest BCUT2D eigenvalue weighted by Gasteiger charge is 2.14. The van der Waals surface area contributed by atoms with E-state index in [2.05, 4.69) is 26.0 Å². The Labute approximate surface area is 121 Å². The number of methoxy groups -OCH3 is 1. The molecule has 0 radical (unpaired) electrons. The summed E-state index contributed by atoms with van der Waals surface area (Å²) in [5, 5.41) is 3.08. The lowest BCUT2D eigenvalue weighted by atomic mass is 10.2. The van der Waals surface area contributed by atoms with Crippen molar-refractivity contribution in [3.63, 3.8) is 0 Å². The van der Waals surface area contributed by atoms with E-state index in [0.717, 1.165) is 5.56 Å². The van der Waals surface area contributed by atoms with Crippen LogP contribution in [0.4, 0.5) is 0 Å². The Morgan fingerprint density at radius 1 is 1.37 bits per heavy atom. The number of carbonyl (C=O) groups is 1. The van der Waals surface area contributed by atoms with Gasteiger partial charge in [0.2, 0.25) is 0 Å². The standard InChI is InChI=1S/C12H16BrNO4S/c1-18-12(15)11(13)8-14-7-9-3-5-10(6-4-9)19(2,16)17/h3-6,11,14H,7-8H2,1-2H3. The molecule has 0 bridgehead atoms. The average Bonchev–Trinajstić information content (AvgIpc) is 2.37. The molecule has 0 fully saturated rings. The van der Waals surface area contributed by atoms with Gasteiger partial charge in [0.1, 0.15) is 4.83 Å². The molecule has 0 aliphatic carbocycles. The molecule has 7 heteroatoms. The monoisotopic (exact) mass is 349 g/mol. The molecular weight excluding hydrogens is 334 g/mol. The Hall–Kier alpha value is -0.920. The van der Waals surface area contributed by atoms with Gasteiger partial charge in [0, 0.05) is 19.3 Å². The highest BCUT2D eigenvalue weighted by Crippen LogP contribution is 2.10. The van der Waals surface area contributed by atoms with Crippen LogP contribution >= 0.6 is 15.9 Å². The number of hydrogen-bond donors (Lipinski definition) is 1. The summed E-state index contributed by atoms with van der Waals surface area (Å²) in [6.45, 7) is 0.976. The molecule has 0 aliphatic rings. The second-order valence-electron chi connectivity index (χ2n) is 4.04. The van der Waals surface area contributed by atoms with Crippen LogP contribution in [0.1, 0.15) is 5.56 Å². The fraction of sp³-hybridized carbons (Fsp3) is 0.417. The van der Waals surface area contributed by atoms with E-state index in [1.807, 2.05) is 0 Å². The molecule has 0 saturated carbocycles. The van der Waals surface area contributed by atoms with E-state index in [1.54, 1.807) is 24.3 Å². The van der Waals surface area contributed by atoms with Gasteiger partial charge >= 0.3 is 5.97 Å². The van der Waals surface area contributed by atoms with E-state index in [9.17, 15) is 13.2 Å². The quantitative estimate of drug-likeness (QED) is 0.615. The van der Waals surface area contributed by atoms with Crippen LogP contribution < -0.4 is 5.32 Å².